The van der Waals surface area contributed by atoms with E-state index in [1.807, 2.05) is 20.8 Å². The van der Waals surface area contributed by atoms with Crippen molar-refractivity contribution in [2.45, 2.75) is 59.1 Å². The average molecular weight is 336 g/mol. The molecule has 1 aliphatic rings. The second-order valence-electron chi connectivity index (χ2n) is 7.26. The second-order valence-corrected chi connectivity index (χ2v) is 7.26. The number of unbranched alkanes of at least 4 members (excludes halogenated alkanes) is 1. The van der Waals surface area contributed by atoms with Crippen molar-refractivity contribution in [3.63, 3.8) is 0 Å². The van der Waals surface area contributed by atoms with E-state index >= 15 is 0 Å². The van der Waals surface area contributed by atoms with E-state index in [1.165, 1.54) is 0 Å². The molecule has 0 saturated carbocycles. The number of fused-ring (bicyclic) bond motifs is 1. The maximum Gasteiger partial charge on any atom is 0.410 e. The molecule has 0 atom stereocenters. The third kappa shape index (κ3) is 4.27. The van der Waals surface area contributed by atoms with Crippen LogP contribution in [-0.4, -0.2) is 57.7 Å². The monoisotopic (exact) mass is 336 g/mol. The number of amides is 2. The van der Waals surface area contributed by atoms with Crippen LogP contribution in [0.3, 0.4) is 0 Å². The van der Waals surface area contributed by atoms with Gasteiger partial charge in [-0.3, -0.25) is 9.89 Å². The summed E-state index contributed by atoms with van der Waals surface area (Å²) in [5.41, 5.74) is 1.62. The summed E-state index contributed by atoms with van der Waals surface area (Å²) < 4.78 is 5.43. The molecule has 2 amide bonds. The minimum atomic E-state index is -0.535. The molecule has 0 aliphatic carbocycles. The van der Waals surface area contributed by atoms with E-state index in [2.05, 4.69) is 17.1 Å². The van der Waals surface area contributed by atoms with Crippen molar-refractivity contribution in [2.75, 3.05) is 20.1 Å². The van der Waals surface area contributed by atoms with Gasteiger partial charge in [-0.2, -0.15) is 5.10 Å². The Hall–Kier alpha value is -2.05. The Kier molecular flexibility index (Phi) is 5.51. The van der Waals surface area contributed by atoms with E-state index in [9.17, 15) is 9.59 Å². The molecule has 0 bridgehead atoms. The van der Waals surface area contributed by atoms with Gasteiger partial charge in [0, 0.05) is 37.8 Å². The number of carbonyl (C=O) groups excluding carboxylic acids is 2. The summed E-state index contributed by atoms with van der Waals surface area (Å²) in [5, 5.41) is 7.15. The molecule has 2 rings (SSSR count). The van der Waals surface area contributed by atoms with E-state index in [0.29, 0.717) is 31.7 Å². The Morgan fingerprint density at radius 1 is 1.38 bits per heavy atom. The highest BCUT2D eigenvalue weighted by atomic mass is 16.6. The number of hydrogen-bond acceptors (Lipinski definition) is 4. The molecule has 2 heterocycles. The summed E-state index contributed by atoms with van der Waals surface area (Å²) in [5.74, 6) is -0.105. The summed E-state index contributed by atoms with van der Waals surface area (Å²) in [6.07, 6.45) is 2.28. The van der Waals surface area contributed by atoms with Crippen molar-refractivity contribution in [3.05, 3.63) is 17.0 Å². The van der Waals surface area contributed by atoms with E-state index in [0.717, 1.165) is 24.1 Å². The minimum Gasteiger partial charge on any atom is -0.444 e. The molecule has 0 unspecified atom stereocenters. The van der Waals surface area contributed by atoms with Gasteiger partial charge in [0.2, 0.25) is 0 Å². The van der Waals surface area contributed by atoms with Crippen molar-refractivity contribution >= 4 is 12.0 Å². The van der Waals surface area contributed by atoms with Gasteiger partial charge in [-0.05, 0) is 27.2 Å². The molecule has 0 spiro atoms. The number of nitrogens with one attached hydrogen (secondary N) is 1. The van der Waals surface area contributed by atoms with Gasteiger partial charge in [-0.1, -0.05) is 13.3 Å². The summed E-state index contributed by atoms with van der Waals surface area (Å²) in [6, 6.07) is 0. The number of aromatic nitrogens is 2. The lowest BCUT2D eigenvalue weighted by Crippen LogP contribution is -2.40. The second kappa shape index (κ2) is 7.23. The molecule has 0 fully saturated rings. The van der Waals surface area contributed by atoms with Crippen LogP contribution in [0.2, 0.25) is 0 Å². The number of H-pyrrole nitrogens is 1. The van der Waals surface area contributed by atoms with Gasteiger partial charge < -0.3 is 14.5 Å². The molecule has 134 valence electrons. The van der Waals surface area contributed by atoms with Gasteiger partial charge in [0.25, 0.3) is 5.91 Å². The molecule has 0 saturated heterocycles. The van der Waals surface area contributed by atoms with E-state index < -0.39 is 5.60 Å². The molecule has 7 heteroatoms. The Labute approximate surface area is 143 Å². The van der Waals surface area contributed by atoms with Crippen LogP contribution < -0.4 is 0 Å². The predicted octanol–water partition coefficient (Wildman–Crippen LogP) is 2.58. The standard InChI is InChI=1S/C17H28N4O3/c1-6-7-9-20(5)15(22)14-12-11-21(10-8-13(12)18-19-14)16(23)24-17(2,3)4/h6-11H2,1-5H3,(H,18,19). The Morgan fingerprint density at radius 2 is 2.08 bits per heavy atom. The van der Waals surface area contributed by atoms with Gasteiger partial charge in [-0.15, -0.1) is 0 Å². The average Bonchev–Trinajstić information content (AvgIpc) is 2.93. The van der Waals surface area contributed by atoms with Crippen LogP contribution >= 0.6 is 0 Å². The van der Waals surface area contributed by atoms with Crippen LogP contribution in [0.1, 0.15) is 62.3 Å². The van der Waals surface area contributed by atoms with Crippen LogP contribution in [0.5, 0.6) is 0 Å². The van der Waals surface area contributed by atoms with Crippen LogP contribution in [0, 0.1) is 0 Å². The number of rotatable bonds is 4. The number of carbonyl (C=O) groups is 2. The third-order valence-electron chi connectivity index (χ3n) is 3.98. The molecular formula is C17H28N4O3. The van der Waals surface area contributed by atoms with Gasteiger partial charge in [0.1, 0.15) is 5.60 Å². The lowest BCUT2D eigenvalue weighted by Gasteiger charge is -2.30. The smallest absolute Gasteiger partial charge is 0.410 e. The Balaban J connectivity index is 2.12. The SMILES string of the molecule is CCCCN(C)C(=O)c1n[nH]c2c1CN(C(=O)OC(C)(C)C)CC2. The van der Waals surface area contributed by atoms with Crippen molar-refractivity contribution in [2.24, 2.45) is 0 Å². The first-order valence-corrected chi connectivity index (χ1v) is 8.52. The summed E-state index contributed by atoms with van der Waals surface area (Å²) in [6.45, 7) is 9.23. The third-order valence-corrected chi connectivity index (χ3v) is 3.98. The highest BCUT2D eigenvalue weighted by Gasteiger charge is 2.31. The van der Waals surface area contributed by atoms with Gasteiger partial charge in [0.15, 0.2) is 5.69 Å². The zero-order valence-corrected chi connectivity index (χ0v) is 15.3. The van der Waals surface area contributed by atoms with Gasteiger partial charge in [0.05, 0.1) is 6.54 Å². The van der Waals surface area contributed by atoms with Crippen LogP contribution in [0.4, 0.5) is 4.79 Å². The zero-order valence-electron chi connectivity index (χ0n) is 15.3. The first kappa shape index (κ1) is 18.3. The van der Waals surface area contributed by atoms with Gasteiger partial charge >= 0.3 is 6.09 Å². The number of nitrogens with zero attached hydrogens (tertiary/aromatic N) is 3. The molecular weight excluding hydrogens is 308 g/mol. The van der Waals surface area contributed by atoms with Crippen molar-refractivity contribution in [3.8, 4) is 0 Å². The quantitative estimate of drug-likeness (QED) is 0.916. The number of aromatic amines is 1. The van der Waals surface area contributed by atoms with Gasteiger partial charge in [-0.25, -0.2) is 4.79 Å². The Morgan fingerprint density at radius 3 is 2.71 bits per heavy atom. The predicted molar refractivity (Wildman–Crippen MR) is 90.8 cm³/mol. The summed E-state index contributed by atoms with van der Waals surface area (Å²) in [7, 11) is 1.79. The molecule has 1 aromatic heterocycles. The lowest BCUT2D eigenvalue weighted by molar-refractivity contribution is 0.0222. The largest absolute Gasteiger partial charge is 0.444 e. The fourth-order valence-electron chi connectivity index (χ4n) is 2.63. The molecule has 1 N–H and O–H groups in total. The van der Waals surface area contributed by atoms with Crippen LogP contribution in [0.15, 0.2) is 0 Å². The number of ether oxygens (including phenoxy) is 1. The maximum absolute atomic E-state index is 12.6. The molecule has 0 aromatic carbocycles. The van der Waals surface area contributed by atoms with Crippen molar-refractivity contribution in [1.29, 1.82) is 0 Å². The fraction of sp³-hybridized carbons (Fsp3) is 0.706. The highest BCUT2D eigenvalue weighted by Crippen LogP contribution is 2.23. The molecule has 24 heavy (non-hydrogen) atoms. The lowest BCUT2D eigenvalue weighted by atomic mass is 10.0. The van der Waals surface area contributed by atoms with E-state index in [4.69, 9.17) is 4.74 Å². The highest BCUT2D eigenvalue weighted by molar-refractivity contribution is 5.94. The van der Waals surface area contributed by atoms with E-state index in [1.54, 1.807) is 16.8 Å². The maximum atomic E-state index is 12.6. The molecule has 1 aromatic rings. The van der Waals surface area contributed by atoms with Crippen molar-refractivity contribution < 1.29 is 14.3 Å². The van der Waals surface area contributed by atoms with Crippen LogP contribution in [-0.2, 0) is 17.7 Å². The summed E-state index contributed by atoms with van der Waals surface area (Å²) >= 11 is 0. The molecule has 7 nitrogen and oxygen atoms in total. The van der Waals surface area contributed by atoms with Crippen molar-refractivity contribution in [1.82, 2.24) is 20.0 Å². The van der Waals surface area contributed by atoms with Crippen LogP contribution in [0.25, 0.3) is 0 Å². The first-order valence-electron chi connectivity index (χ1n) is 8.52. The first-order chi connectivity index (χ1) is 11.2. The number of hydrogen-bond donors (Lipinski definition) is 1. The molecule has 0 radical (unpaired) electrons. The zero-order chi connectivity index (χ0) is 17.9. The van der Waals surface area contributed by atoms with E-state index in [-0.39, 0.29) is 12.0 Å². The fourth-order valence-corrected chi connectivity index (χ4v) is 2.63. The Bertz CT molecular complexity index is 603. The topological polar surface area (TPSA) is 78.5 Å². The molecule has 1 aliphatic heterocycles. The normalized spacial score (nSPS) is 14.3. The summed E-state index contributed by atoms with van der Waals surface area (Å²) in [4.78, 5) is 28.2. The minimum absolute atomic E-state index is 0.105.